The number of H-pyrrole nitrogens is 1. The number of aromatic nitrogens is 3. The van der Waals surface area contributed by atoms with Gasteiger partial charge in [0.15, 0.2) is 0 Å². The largest absolute Gasteiger partial charge is 0.477 e. The zero-order chi connectivity index (χ0) is 20.4. The smallest absolute Gasteiger partial charge is 0.353 e. The Kier molecular flexibility index (Phi) is 5.83. The lowest BCUT2D eigenvalue weighted by molar-refractivity contribution is -0.150. The summed E-state index contributed by atoms with van der Waals surface area (Å²) in [6.45, 7) is 0. The number of amides is 2. The number of thioether (sulfide) groups is 3. The van der Waals surface area contributed by atoms with Gasteiger partial charge in [-0.05, 0) is 12.1 Å². The number of carboxylic acid groups (broad SMARTS) is 1. The van der Waals surface area contributed by atoms with E-state index in [-0.39, 0.29) is 17.4 Å². The summed E-state index contributed by atoms with van der Waals surface area (Å²) in [6.07, 6.45) is 1.49. The lowest BCUT2D eigenvalue weighted by Gasteiger charge is -2.49. The van der Waals surface area contributed by atoms with Crippen LogP contribution in [0.3, 0.4) is 0 Å². The normalized spacial score (nSPS) is 20.8. The molecule has 150 valence electrons. The third-order valence-corrected chi connectivity index (χ3v) is 7.67. The van der Waals surface area contributed by atoms with Crippen molar-refractivity contribution in [2.75, 3.05) is 11.5 Å². The predicted molar refractivity (Wildman–Crippen MR) is 109 cm³/mol. The first-order valence-electron chi connectivity index (χ1n) is 8.47. The van der Waals surface area contributed by atoms with Gasteiger partial charge in [-0.1, -0.05) is 35.2 Å². The van der Waals surface area contributed by atoms with E-state index in [4.69, 9.17) is 0 Å². The maximum absolute atomic E-state index is 12.6. The molecular weight excluding hydrogens is 434 g/mol. The van der Waals surface area contributed by atoms with Crippen LogP contribution in [-0.4, -0.2) is 66.1 Å². The molecule has 1 fully saturated rings. The van der Waals surface area contributed by atoms with Crippen molar-refractivity contribution in [1.82, 2.24) is 25.6 Å². The van der Waals surface area contributed by atoms with Gasteiger partial charge < -0.3 is 10.4 Å². The van der Waals surface area contributed by atoms with Crippen LogP contribution in [0.2, 0.25) is 0 Å². The minimum absolute atomic E-state index is 0.0532. The second-order valence-corrected chi connectivity index (χ2v) is 9.35. The van der Waals surface area contributed by atoms with E-state index in [0.29, 0.717) is 15.7 Å². The van der Waals surface area contributed by atoms with E-state index >= 15 is 0 Å². The minimum atomic E-state index is -1.18. The molecule has 0 unspecified atom stereocenters. The van der Waals surface area contributed by atoms with Crippen LogP contribution in [0.1, 0.15) is 0 Å². The van der Waals surface area contributed by atoms with Crippen LogP contribution in [0.5, 0.6) is 0 Å². The Bertz CT molecular complexity index is 967. The van der Waals surface area contributed by atoms with Gasteiger partial charge in [0.25, 0.3) is 5.91 Å². The number of nitrogens with zero attached hydrogens (tertiary/aromatic N) is 3. The van der Waals surface area contributed by atoms with E-state index < -0.39 is 23.3 Å². The van der Waals surface area contributed by atoms with Crippen LogP contribution in [-0.2, 0) is 14.4 Å². The van der Waals surface area contributed by atoms with Crippen LogP contribution in [0.25, 0.3) is 0 Å². The maximum atomic E-state index is 12.6. The summed E-state index contributed by atoms with van der Waals surface area (Å²) in [5.41, 5.74) is -0.0532. The zero-order valence-electron chi connectivity index (χ0n) is 14.8. The molecule has 2 aromatic rings. The standard InChI is InChI=1S/C17H15N5O4S3/c23-11(8-27-9-4-2-1-3-5-9)19-13-15(24)22-14(17(25)26)10(7-28-16(13)22)29-12-6-18-21-20-12/h1-6,13,16H,7-8H2,(H,19,23)(H,25,26)(H,18,20,21)/t13-,16+/m1/s1. The lowest BCUT2D eigenvalue weighted by Crippen LogP contribution is -2.70. The molecule has 0 radical (unpaired) electrons. The summed E-state index contributed by atoms with van der Waals surface area (Å²) in [4.78, 5) is 39.4. The third-order valence-electron chi connectivity index (χ3n) is 4.19. The van der Waals surface area contributed by atoms with Gasteiger partial charge in [-0.2, -0.15) is 0 Å². The molecule has 0 saturated carbocycles. The summed E-state index contributed by atoms with van der Waals surface area (Å²) in [5.74, 6) is -1.27. The van der Waals surface area contributed by atoms with Crippen molar-refractivity contribution in [3.05, 3.63) is 47.1 Å². The Morgan fingerprint density at radius 1 is 1.34 bits per heavy atom. The Hall–Kier alpha value is -2.44. The van der Waals surface area contributed by atoms with E-state index in [1.807, 2.05) is 30.3 Å². The van der Waals surface area contributed by atoms with Crippen molar-refractivity contribution in [2.24, 2.45) is 0 Å². The van der Waals surface area contributed by atoms with E-state index in [1.165, 1.54) is 46.4 Å². The Morgan fingerprint density at radius 3 is 2.83 bits per heavy atom. The SMILES string of the molecule is O=C(CSc1ccccc1)N[C@@H]1C(=O)N2C(C(=O)O)=C(Sc3cnn[nH]3)CS[C@@H]12. The fourth-order valence-electron chi connectivity index (χ4n) is 2.92. The van der Waals surface area contributed by atoms with Crippen molar-refractivity contribution < 1.29 is 19.5 Å². The van der Waals surface area contributed by atoms with Crippen molar-refractivity contribution in [3.8, 4) is 0 Å². The number of carbonyl (C=O) groups is 3. The van der Waals surface area contributed by atoms with Gasteiger partial charge >= 0.3 is 5.97 Å². The second kappa shape index (κ2) is 8.51. The van der Waals surface area contributed by atoms with Crippen LogP contribution in [0.4, 0.5) is 0 Å². The highest BCUT2D eigenvalue weighted by Gasteiger charge is 2.54. The molecular formula is C17H15N5O4S3. The molecule has 0 bridgehead atoms. The molecule has 3 N–H and O–H groups in total. The van der Waals surface area contributed by atoms with Crippen molar-refractivity contribution in [1.29, 1.82) is 0 Å². The van der Waals surface area contributed by atoms with Crippen molar-refractivity contribution >= 4 is 53.1 Å². The summed E-state index contributed by atoms with van der Waals surface area (Å²) < 4.78 is 0. The first-order chi connectivity index (χ1) is 14.0. The molecule has 2 aliphatic rings. The number of fused-ring (bicyclic) bond motifs is 1. The van der Waals surface area contributed by atoms with E-state index in [0.717, 1.165) is 4.90 Å². The van der Waals surface area contributed by atoms with Gasteiger partial charge in [0, 0.05) is 15.6 Å². The lowest BCUT2D eigenvalue weighted by atomic mass is 10.1. The average molecular weight is 450 g/mol. The molecule has 1 aromatic carbocycles. The quantitative estimate of drug-likeness (QED) is 0.424. The number of nitrogens with one attached hydrogen (secondary N) is 2. The number of rotatable bonds is 7. The molecule has 3 heterocycles. The highest BCUT2D eigenvalue weighted by molar-refractivity contribution is 8.06. The zero-order valence-corrected chi connectivity index (χ0v) is 17.2. The van der Waals surface area contributed by atoms with Gasteiger partial charge in [0.05, 0.1) is 11.9 Å². The molecule has 0 aliphatic carbocycles. The number of benzene rings is 1. The number of β-lactam (4-membered cyclic amide) rings is 1. The van der Waals surface area contributed by atoms with Crippen molar-refractivity contribution in [2.45, 2.75) is 21.3 Å². The Labute approximate surface area is 178 Å². The molecule has 2 atom stereocenters. The van der Waals surface area contributed by atoms with Crippen molar-refractivity contribution in [3.63, 3.8) is 0 Å². The monoisotopic (exact) mass is 449 g/mol. The number of carbonyl (C=O) groups excluding carboxylic acids is 2. The summed E-state index contributed by atoms with van der Waals surface area (Å²) in [6, 6.07) is 8.77. The first-order valence-corrected chi connectivity index (χ1v) is 11.3. The van der Waals surface area contributed by atoms with E-state index in [2.05, 4.69) is 20.7 Å². The fraction of sp³-hybridized carbons (Fsp3) is 0.235. The topological polar surface area (TPSA) is 128 Å². The van der Waals surface area contributed by atoms with Gasteiger partial charge in [0.1, 0.15) is 22.1 Å². The van der Waals surface area contributed by atoms with E-state index in [9.17, 15) is 19.5 Å². The fourth-order valence-corrected chi connectivity index (χ4v) is 6.02. The van der Waals surface area contributed by atoms with Crippen LogP contribution in [0, 0.1) is 0 Å². The predicted octanol–water partition coefficient (Wildman–Crippen LogP) is 1.39. The highest BCUT2D eigenvalue weighted by atomic mass is 32.2. The molecule has 9 nitrogen and oxygen atoms in total. The molecule has 2 aliphatic heterocycles. The summed E-state index contributed by atoms with van der Waals surface area (Å²) in [7, 11) is 0. The third kappa shape index (κ3) is 4.14. The maximum Gasteiger partial charge on any atom is 0.353 e. The molecule has 1 saturated heterocycles. The first kappa shape index (κ1) is 19.9. The number of hydrogen-bond acceptors (Lipinski definition) is 8. The molecule has 2 amide bonds. The molecule has 0 spiro atoms. The number of hydrogen-bond donors (Lipinski definition) is 3. The van der Waals surface area contributed by atoms with Crippen LogP contribution < -0.4 is 5.32 Å². The van der Waals surface area contributed by atoms with Gasteiger partial charge in [-0.15, -0.1) is 28.6 Å². The van der Waals surface area contributed by atoms with Gasteiger partial charge in [-0.25, -0.2) is 4.79 Å². The van der Waals surface area contributed by atoms with Gasteiger partial charge in [0.2, 0.25) is 5.91 Å². The molecule has 4 rings (SSSR count). The Balaban J connectivity index is 1.41. The Morgan fingerprint density at radius 2 is 2.14 bits per heavy atom. The number of aromatic amines is 1. The molecule has 1 aromatic heterocycles. The summed E-state index contributed by atoms with van der Waals surface area (Å²) >= 11 is 3.98. The van der Waals surface area contributed by atoms with E-state index in [1.54, 1.807) is 0 Å². The average Bonchev–Trinajstić information content (AvgIpc) is 3.23. The highest BCUT2D eigenvalue weighted by Crippen LogP contribution is 2.44. The molecule has 12 heteroatoms. The molecule has 29 heavy (non-hydrogen) atoms. The van der Waals surface area contributed by atoms with Gasteiger partial charge in [-0.3, -0.25) is 19.6 Å². The van der Waals surface area contributed by atoms with Crippen LogP contribution in [0.15, 0.2) is 57.1 Å². The second-order valence-electron chi connectivity index (χ2n) is 6.06. The number of aliphatic carboxylic acids is 1. The number of carboxylic acids is 1. The van der Waals surface area contributed by atoms with Crippen LogP contribution >= 0.6 is 35.3 Å². The minimum Gasteiger partial charge on any atom is -0.477 e. The summed E-state index contributed by atoms with van der Waals surface area (Å²) in [5, 5.41) is 22.5.